The molecule has 0 heterocycles. The summed E-state index contributed by atoms with van der Waals surface area (Å²) in [4.78, 5) is 0. The molecule has 2 bridgehead atoms. The number of rotatable bonds is 0. The molecule has 0 spiro atoms. The molecule has 3 atom stereocenters. The van der Waals surface area contributed by atoms with Gasteiger partial charge in [0, 0.05) is 5.54 Å². The Morgan fingerprint density at radius 3 is 2.44 bits per heavy atom. The maximum absolute atomic E-state index is 6.06. The maximum atomic E-state index is 6.06. The van der Waals surface area contributed by atoms with Crippen LogP contribution in [-0.4, -0.2) is 5.54 Å². The van der Waals surface area contributed by atoms with Crippen LogP contribution in [0.15, 0.2) is 0 Å². The molecule has 1 nitrogen and oxygen atoms in total. The van der Waals surface area contributed by atoms with Crippen molar-refractivity contribution in [3.63, 3.8) is 0 Å². The van der Waals surface area contributed by atoms with Crippen LogP contribution >= 0.6 is 0 Å². The first kappa shape index (κ1) is 5.72. The average Bonchev–Trinajstić information content (AvgIpc) is 2.19. The van der Waals surface area contributed by atoms with E-state index in [0.29, 0.717) is 0 Å². The Balaban J connectivity index is 2.18. The predicted molar refractivity (Wildman–Crippen MR) is 38.0 cm³/mol. The van der Waals surface area contributed by atoms with Crippen LogP contribution in [0.3, 0.4) is 0 Å². The van der Waals surface area contributed by atoms with E-state index < -0.39 is 0 Å². The van der Waals surface area contributed by atoms with Crippen LogP contribution < -0.4 is 5.73 Å². The van der Waals surface area contributed by atoms with Crippen LogP contribution in [0, 0.1) is 11.8 Å². The number of fused-ring (bicyclic) bond motifs is 2. The Hall–Kier alpha value is -0.0400. The van der Waals surface area contributed by atoms with Gasteiger partial charge >= 0.3 is 0 Å². The molecule has 9 heavy (non-hydrogen) atoms. The largest absolute Gasteiger partial charge is 0.325 e. The van der Waals surface area contributed by atoms with Crippen molar-refractivity contribution in [2.75, 3.05) is 0 Å². The summed E-state index contributed by atoms with van der Waals surface area (Å²) in [6.07, 6.45) is 5.57. The highest BCUT2D eigenvalue weighted by atomic mass is 14.8. The number of hydrogen-bond donors (Lipinski definition) is 1. The van der Waals surface area contributed by atoms with Gasteiger partial charge in [0.2, 0.25) is 0 Å². The van der Waals surface area contributed by atoms with Crippen molar-refractivity contribution in [2.24, 2.45) is 17.6 Å². The number of hydrogen-bond acceptors (Lipinski definition) is 1. The third kappa shape index (κ3) is 0.710. The van der Waals surface area contributed by atoms with Gasteiger partial charge in [0.15, 0.2) is 0 Å². The van der Waals surface area contributed by atoms with Gasteiger partial charge < -0.3 is 5.73 Å². The normalized spacial score (nSPS) is 56.7. The van der Waals surface area contributed by atoms with Gasteiger partial charge in [-0.05, 0) is 38.0 Å². The average molecular weight is 125 g/mol. The second kappa shape index (κ2) is 1.51. The molecule has 0 aliphatic heterocycles. The third-order valence-corrected chi connectivity index (χ3v) is 3.20. The molecule has 2 aliphatic carbocycles. The highest BCUT2D eigenvalue weighted by Crippen LogP contribution is 2.49. The van der Waals surface area contributed by atoms with Gasteiger partial charge in [0.25, 0.3) is 0 Å². The minimum atomic E-state index is 0.211. The first-order chi connectivity index (χ1) is 4.18. The van der Waals surface area contributed by atoms with E-state index in [2.05, 4.69) is 6.92 Å². The summed E-state index contributed by atoms with van der Waals surface area (Å²) in [5.74, 6) is 1.85. The lowest BCUT2D eigenvalue weighted by Crippen LogP contribution is -2.41. The van der Waals surface area contributed by atoms with E-state index in [4.69, 9.17) is 5.73 Å². The summed E-state index contributed by atoms with van der Waals surface area (Å²) in [6.45, 7) is 2.22. The Morgan fingerprint density at radius 1 is 1.44 bits per heavy atom. The quantitative estimate of drug-likeness (QED) is 0.522. The Kier molecular flexibility index (Phi) is 0.963. The lowest BCUT2D eigenvalue weighted by atomic mass is 9.84. The summed E-state index contributed by atoms with van der Waals surface area (Å²) < 4.78 is 0. The molecule has 0 aromatic carbocycles. The molecule has 1 heteroatoms. The minimum Gasteiger partial charge on any atom is -0.325 e. The topological polar surface area (TPSA) is 26.0 Å². The van der Waals surface area contributed by atoms with Crippen molar-refractivity contribution in [1.82, 2.24) is 0 Å². The first-order valence-electron chi connectivity index (χ1n) is 3.97. The van der Waals surface area contributed by atoms with Gasteiger partial charge in [-0.15, -0.1) is 0 Å². The van der Waals surface area contributed by atoms with E-state index in [1.165, 1.54) is 25.7 Å². The van der Waals surface area contributed by atoms with Crippen molar-refractivity contribution in [2.45, 2.75) is 38.1 Å². The van der Waals surface area contributed by atoms with Crippen molar-refractivity contribution in [3.05, 3.63) is 0 Å². The van der Waals surface area contributed by atoms with Gasteiger partial charge in [-0.25, -0.2) is 0 Å². The molecule has 0 unspecified atom stereocenters. The van der Waals surface area contributed by atoms with Gasteiger partial charge in [0.05, 0.1) is 0 Å². The molecular weight excluding hydrogens is 110 g/mol. The zero-order valence-electron chi connectivity index (χ0n) is 6.06. The van der Waals surface area contributed by atoms with E-state index in [9.17, 15) is 0 Å². The summed E-state index contributed by atoms with van der Waals surface area (Å²) in [7, 11) is 0. The smallest absolute Gasteiger partial charge is 0.0157 e. The Labute approximate surface area is 56.6 Å². The summed E-state index contributed by atoms with van der Waals surface area (Å²) >= 11 is 0. The van der Waals surface area contributed by atoms with Crippen molar-refractivity contribution >= 4 is 0 Å². The fourth-order valence-electron chi connectivity index (χ4n) is 2.65. The molecule has 0 aromatic rings. The van der Waals surface area contributed by atoms with Crippen molar-refractivity contribution in [1.29, 1.82) is 0 Å². The fraction of sp³-hybridized carbons (Fsp3) is 1.00. The van der Waals surface area contributed by atoms with Crippen LogP contribution in [0.25, 0.3) is 0 Å². The monoisotopic (exact) mass is 125 g/mol. The fourth-order valence-corrected chi connectivity index (χ4v) is 2.65. The second-order valence-corrected chi connectivity index (χ2v) is 4.09. The molecule has 2 aliphatic rings. The standard InChI is InChI=1S/C8H15N/c1-8(9)5-6-2-3-7(8)4-6/h6-7H,2-5,9H2,1H3/t6-,7+,8-/m1/s1. The zero-order valence-corrected chi connectivity index (χ0v) is 6.06. The minimum absolute atomic E-state index is 0.211. The molecule has 2 fully saturated rings. The van der Waals surface area contributed by atoms with E-state index in [-0.39, 0.29) is 5.54 Å². The molecule has 0 aromatic heterocycles. The molecule has 2 saturated carbocycles. The zero-order chi connectivity index (χ0) is 6.48. The van der Waals surface area contributed by atoms with Crippen LogP contribution in [0.2, 0.25) is 0 Å². The molecule has 0 amide bonds. The van der Waals surface area contributed by atoms with Crippen LogP contribution in [0.1, 0.15) is 32.6 Å². The first-order valence-corrected chi connectivity index (χ1v) is 3.97. The molecule has 2 N–H and O–H groups in total. The third-order valence-electron chi connectivity index (χ3n) is 3.20. The lowest BCUT2D eigenvalue weighted by Gasteiger charge is -2.29. The summed E-state index contributed by atoms with van der Waals surface area (Å²) in [5.41, 5.74) is 6.27. The van der Waals surface area contributed by atoms with Crippen LogP contribution in [-0.2, 0) is 0 Å². The van der Waals surface area contributed by atoms with Crippen molar-refractivity contribution in [3.8, 4) is 0 Å². The highest BCUT2D eigenvalue weighted by molar-refractivity contribution is 5.01. The molecule has 2 rings (SSSR count). The van der Waals surface area contributed by atoms with E-state index >= 15 is 0 Å². The molecule has 0 saturated heterocycles. The van der Waals surface area contributed by atoms with Gasteiger partial charge in [0.1, 0.15) is 0 Å². The summed E-state index contributed by atoms with van der Waals surface area (Å²) in [6, 6.07) is 0. The molecular formula is C8H15N. The van der Waals surface area contributed by atoms with E-state index in [0.717, 1.165) is 11.8 Å². The van der Waals surface area contributed by atoms with E-state index in [1.807, 2.05) is 0 Å². The highest BCUT2D eigenvalue weighted by Gasteiger charge is 2.45. The predicted octanol–water partition coefficient (Wildman–Crippen LogP) is 1.52. The second-order valence-electron chi connectivity index (χ2n) is 4.09. The Morgan fingerprint density at radius 2 is 2.22 bits per heavy atom. The van der Waals surface area contributed by atoms with Crippen molar-refractivity contribution < 1.29 is 0 Å². The van der Waals surface area contributed by atoms with Gasteiger partial charge in [-0.2, -0.15) is 0 Å². The van der Waals surface area contributed by atoms with Gasteiger partial charge in [-0.1, -0.05) is 6.42 Å². The molecule has 0 radical (unpaired) electrons. The van der Waals surface area contributed by atoms with Gasteiger partial charge in [-0.3, -0.25) is 0 Å². The van der Waals surface area contributed by atoms with Crippen LogP contribution in [0.4, 0.5) is 0 Å². The Bertz CT molecular complexity index is 129. The maximum Gasteiger partial charge on any atom is 0.0157 e. The molecule has 52 valence electrons. The number of nitrogens with two attached hydrogens (primary N) is 1. The van der Waals surface area contributed by atoms with Crippen LogP contribution in [0.5, 0.6) is 0 Å². The SMILES string of the molecule is C[C@@]1(N)C[C@@H]2CC[C@H]1C2. The lowest BCUT2D eigenvalue weighted by molar-refractivity contribution is 0.297. The van der Waals surface area contributed by atoms with E-state index in [1.54, 1.807) is 0 Å². The summed E-state index contributed by atoms with van der Waals surface area (Å²) in [5, 5.41) is 0.